The molecule has 0 aliphatic carbocycles. The predicted molar refractivity (Wildman–Crippen MR) is 76.5 cm³/mol. The van der Waals surface area contributed by atoms with Crippen LogP contribution < -0.4 is 5.73 Å². The van der Waals surface area contributed by atoms with E-state index < -0.39 is 0 Å². The Morgan fingerprint density at radius 2 is 2.18 bits per heavy atom. The second kappa shape index (κ2) is 4.49. The summed E-state index contributed by atoms with van der Waals surface area (Å²) in [6.07, 6.45) is 4.25. The van der Waals surface area contributed by atoms with E-state index in [0.29, 0.717) is 5.70 Å². The van der Waals surface area contributed by atoms with Crippen LogP contribution in [0.2, 0.25) is 0 Å². The number of rotatable bonds is 3. The van der Waals surface area contributed by atoms with Crippen LogP contribution in [0.3, 0.4) is 0 Å². The quantitative estimate of drug-likeness (QED) is 0.837. The highest BCUT2D eigenvalue weighted by molar-refractivity contribution is 7.98. The van der Waals surface area contributed by atoms with Gasteiger partial charge < -0.3 is 10.3 Å². The molecule has 90 valence electrons. The molecule has 3 heteroatoms. The SMILES string of the molecule is C=C(N)C(C)n1cc(C)c2cc(SC)ccc21. The molecule has 2 rings (SSSR count). The normalized spacial score (nSPS) is 12.9. The number of thioether (sulfide) groups is 1. The molecule has 1 aromatic carbocycles. The van der Waals surface area contributed by atoms with Crippen molar-refractivity contribution >= 4 is 22.7 Å². The minimum absolute atomic E-state index is 0.131. The van der Waals surface area contributed by atoms with Crippen LogP contribution in [0, 0.1) is 6.92 Å². The molecule has 2 N–H and O–H groups in total. The molecule has 0 saturated carbocycles. The number of hydrogen-bond donors (Lipinski definition) is 1. The first-order valence-electron chi connectivity index (χ1n) is 5.64. The highest BCUT2D eigenvalue weighted by Gasteiger charge is 2.12. The lowest BCUT2D eigenvalue weighted by Crippen LogP contribution is -2.11. The van der Waals surface area contributed by atoms with Crippen molar-refractivity contribution in [3.63, 3.8) is 0 Å². The minimum atomic E-state index is 0.131. The van der Waals surface area contributed by atoms with Gasteiger partial charge in [-0.2, -0.15) is 0 Å². The summed E-state index contributed by atoms with van der Waals surface area (Å²) in [4.78, 5) is 1.29. The summed E-state index contributed by atoms with van der Waals surface area (Å²) in [5.74, 6) is 0. The molecule has 1 aromatic heterocycles. The maximum absolute atomic E-state index is 5.80. The van der Waals surface area contributed by atoms with Gasteiger partial charge in [0.1, 0.15) is 0 Å². The molecule has 1 atom stereocenters. The molecule has 1 heterocycles. The standard InChI is InChI=1S/C14H18N2S/c1-9-8-16(11(3)10(2)15)14-6-5-12(17-4)7-13(9)14/h5-8,11H,2,15H2,1,3-4H3. The van der Waals surface area contributed by atoms with Gasteiger partial charge in [0.05, 0.1) is 6.04 Å². The number of allylic oxidation sites excluding steroid dienone is 1. The number of aryl methyl sites for hydroxylation is 1. The fourth-order valence-corrected chi connectivity index (χ4v) is 2.47. The van der Waals surface area contributed by atoms with Crippen LogP contribution in [-0.2, 0) is 0 Å². The average Bonchev–Trinajstić information content (AvgIpc) is 2.65. The predicted octanol–water partition coefficient (Wildman–Crippen LogP) is 3.71. The highest BCUT2D eigenvalue weighted by Crippen LogP contribution is 2.29. The van der Waals surface area contributed by atoms with Crippen LogP contribution in [0.15, 0.2) is 41.6 Å². The maximum atomic E-state index is 5.80. The zero-order valence-corrected chi connectivity index (χ0v) is 11.3. The van der Waals surface area contributed by atoms with Crippen LogP contribution >= 0.6 is 11.8 Å². The zero-order valence-electron chi connectivity index (χ0n) is 10.5. The van der Waals surface area contributed by atoms with E-state index in [0.717, 1.165) is 0 Å². The third-order valence-electron chi connectivity index (χ3n) is 3.19. The summed E-state index contributed by atoms with van der Waals surface area (Å²) in [7, 11) is 0. The van der Waals surface area contributed by atoms with Gasteiger partial charge in [-0.05, 0) is 43.9 Å². The summed E-state index contributed by atoms with van der Waals surface area (Å²) in [5, 5.41) is 1.30. The van der Waals surface area contributed by atoms with Crippen LogP contribution in [0.4, 0.5) is 0 Å². The Labute approximate surface area is 106 Å². The van der Waals surface area contributed by atoms with E-state index in [-0.39, 0.29) is 6.04 Å². The number of hydrogen-bond acceptors (Lipinski definition) is 2. The number of benzene rings is 1. The van der Waals surface area contributed by atoms with Crippen molar-refractivity contribution in [2.75, 3.05) is 6.26 Å². The second-order valence-corrected chi connectivity index (χ2v) is 5.23. The summed E-state index contributed by atoms with van der Waals surface area (Å²) in [6.45, 7) is 8.04. The van der Waals surface area contributed by atoms with E-state index in [2.05, 4.69) is 55.6 Å². The van der Waals surface area contributed by atoms with Crippen LogP contribution in [-0.4, -0.2) is 10.8 Å². The Morgan fingerprint density at radius 3 is 2.76 bits per heavy atom. The fraction of sp³-hybridized carbons (Fsp3) is 0.286. The molecule has 2 nitrogen and oxygen atoms in total. The van der Waals surface area contributed by atoms with Gasteiger partial charge >= 0.3 is 0 Å². The third-order valence-corrected chi connectivity index (χ3v) is 3.92. The lowest BCUT2D eigenvalue weighted by molar-refractivity contribution is 0.644. The van der Waals surface area contributed by atoms with Gasteiger partial charge in [-0.25, -0.2) is 0 Å². The second-order valence-electron chi connectivity index (χ2n) is 4.35. The lowest BCUT2D eigenvalue weighted by Gasteiger charge is -2.14. The first-order chi connectivity index (χ1) is 8.04. The number of nitrogens with two attached hydrogens (primary N) is 1. The van der Waals surface area contributed by atoms with E-state index in [4.69, 9.17) is 5.73 Å². The first kappa shape index (κ1) is 12.1. The molecule has 0 saturated heterocycles. The largest absolute Gasteiger partial charge is 0.401 e. The molecule has 1 unspecified atom stereocenters. The van der Waals surface area contributed by atoms with Crippen molar-refractivity contribution in [2.24, 2.45) is 5.73 Å². The minimum Gasteiger partial charge on any atom is -0.401 e. The van der Waals surface area contributed by atoms with E-state index in [1.54, 1.807) is 11.8 Å². The smallest absolute Gasteiger partial charge is 0.0695 e. The third kappa shape index (κ3) is 2.07. The Bertz CT molecular complexity index is 569. The molecular weight excluding hydrogens is 228 g/mol. The van der Waals surface area contributed by atoms with Crippen molar-refractivity contribution in [3.8, 4) is 0 Å². The fourth-order valence-electron chi connectivity index (χ4n) is 2.03. The van der Waals surface area contributed by atoms with E-state index in [1.165, 1.54) is 21.4 Å². The molecule has 2 aromatic rings. The number of aromatic nitrogens is 1. The first-order valence-corrected chi connectivity index (χ1v) is 6.86. The van der Waals surface area contributed by atoms with Gasteiger partial charge in [-0.3, -0.25) is 0 Å². The van der Waals surface area contributed by atoms with Crippen molar-refractivity contribution in [3.05, 3.63) is 42.2 Å². The summed E-state index contributed by atoms with van der Waals surface area (Å²) in [5.41, 5.74) is 9.00. The Hall–Kier alpha value is -1.35. The zero-order chi connectivity index (χ0) is 12.6. The van der Waals surface area contributed by atoms with E-state index in [9.17, 15) is 0 Å². The van der Waals surface area contributed by atoms with Gasteiger partial charge in [0.2, 0.25) is 0 Å². The average molecular weight is 246 g/mol. The van der Waals surface area contributed by atoms with Crippen LogP contribution in [0.25, 0.3) is 10.9 Å². The van der Waals surface area contributed by atoms with Crippen molar-refractivity contribution in [1.29, 1.82) is 0 Å². The van der Waals surface area contributed by atoms with Gasteiger partial charge in [0, 0.05) is 27.7 Å². The van der Waals surface area contributed by atoms with Gasteiger partial charge in [-0.15, -0.1) is 11.8 Å². The van der Waals surface area contributed by atoms with E-state index in [1.807, 2.05) is 0 Å². The number of nitrogens with zero attached hydrogens (tertiary/aromatic N) is 1. The van der Waals surface area contributed by atoms with Crippen molar-refractivity contribution in [2.45, 2.75) is 24.8 Å². The van der Waals surface area contributed by atoms with E-state index >= 15 is 0 Å². The maximum Gasteiger partial charge on any atom is 0.0695 e. The Kier molecular flexibility index (Phi) is 3.20. The summed E-state index contributed by atoms with van der Waals surface area (Å²) in [6, 6.07) is 6.67. The van der Waals surface area contributed by atoms with Crippen LogP contribution in [0.1, 0.15) is 18.5 Å². The van der Waals surface area contributed by atoms with Crippen molar-refractivity contribution < 1.29 is 0 Å². The molecule has 0 amide bonds. The molecule has 0 radical (unpaired) electrons. The Morgan fingerprint density at radius 1 is 1.47 bits per heavy atom. The molecular formula is C14H18N2S. The molecule has 0 fully saturated rings. The van der Waals surface area contributed by atoms with Crippen molar-refractivity contribution in [1.82, 2.24) is 4.57 Å². The molecule has 0 aliphatic rings. The molecule has 0 bridgehead atoms. The van der Waals surface area contributed by atoms with Gasteiger partial charge in [0.15, 0.2) is 0 Å². The summed E-state index contributed by atoms with van der Waals surface area (Å²) < 4.78 is 2.19. The topological polar surface area (TPSA) is 30.9 Å². The van der Waals surface area contributed by atoms with Crippen LogP contribution in [0.5, 0.6) is 0 Å². The van der Waals surface area contributed by atoms with Gasteiger partial charge in [-0.1, -0.05) is 6.58 Å². The molecule has 0 spiro atoms. The monoisotopic (exact) mass is 246 g/mol. The molecule has 0 aliphatic heterocycles. The highest BCUT2D eigenvalue weighted by atomic mass is 32.2. The lowest BCUT2D eigenvalue weighted by atomic mass is 10.2. The Balaban J connectivity index is 2.63. The van der Waals surface area contributed by atoms with Gasteiger partial charge in [0.25, 0.3) is 0 Å². The summed E-state index contributed by atoms with van der Waals surface area (Å²) >= 11 is 1.76. The molecule has 17 heavy (non-hydrogen) atoms. The number of fused-ring (bicyclic) bond motifs is 1.